The number of hydrogen-bond acceptors (Lipinski definition) is 5. The Morgan fingerprint density at radius 2 is 1.95 bits per heavy atom. The first kappa shape index (κ1) is 15.0. The maximum atomic E-state index is 11.6. The van der Waals surface area contributed by atoms with Crippen molar-refractivity contribution in [3.8, 4) is 0 Å². The third kappa shape index (κ3) is 4.03. The number of esters is 1. The Morgan fingerprint density at radius 1 is 1.24 bits per heavy atom. The van der Waals surface area contributed by atoms with Gasteiger partial charge in [-0.2, -0.15) is 5.10 Å². The van der Waals surface area contributed by atoms with Gasteiger partial charge >= 0.3 is 11.9 Å². The van der Waals surface area contributed by atoms with Crippen molar-refractivity contribution in [3.63, 3.8) is 0 Å². The Labute approximate surface area is 128 Å². The first-order chi connectivity index (χ1) is 10.1. The van der Waals surface area contributed by atoms with E-state index < -0.39 is 11.9 Å². The van der Waals surface area contributed by atoms with Crippen LogP contribution in [0.15, 0.2) is 50.6 Å². The quantitative estimate of drug-likeness (QED) is 0.522. The van der Waals surface area contributed by atoms with Crippen LogP contribution in [0, 0.1) is 0 Å². The SMILES string of the molecule is COC(=O)c1ccc(C=NNC(=O)c2ccc(Br)o2)cc1. The van der Waals surface area contributed by atoms with Gasteiger partial charge in [0.05, 0.1) is 18.9 Å². The molecule has 2 rings (SSSR count). The summed E-state index contributed by atoms with van der Waals surface area (Å²) in [7, 11) is 1.32. The molecule has 1 aromatic carbocycles. The van der Waals surface area contributed by atoms with Gasteiger partial charge < -0.3 is 9.15 Å². The van der Waals surface area contributed by atoms with E-state index in [0.717, 1.165) is 5.56 Å². The summed E-state index contributed by atoms with van der Waals surface area (Å²) in [6, 6.07) is 9.73. The highest BCUT2D eigenvalue weighted by Crippen LogP contribution is 2.13. The standard InChI is InChI=1S/C14H11BrN2O4/c1-20-14(19)10-4-2-9(3-5-10)8-16-17-13(18)11-6-7-12(15)21-11/h2-8H,1H3,(H,17,18). The lowest BCUT2D eigenvalue weighted by Gasteiger charge is -1.99. The molecule has 0 aliphatic heterocycles. The number of furan rings is 1. The highest BCUT2D eigenvalue weighted by Gasteiger charge is 2.08. The smallest absolute Gasteiger partial charge is 0.337 e. The molecule has 0 aliphatic rings. The number of nitrogens with one attached hydrogen (secondary N) is 1. The number of methoxy groups -OCH3 is 1. The molecule has 108 valence electrons. The van der Waals surface area contributed by atoms with Crippen LogP contribution in [0.3, 0.4) is 0 Å². The lowest BCUT2D eigenvalue weighted by atomic mass is 10.1. The van der Waals surface area contributed by atoms with Crippen LogP contribution in [-0.2, 0) is 4.74 Å². The van der Waals surface area contributed by atoms with Gasteiger partial charge in [0.15, 0.2) is 10.4 Å². The zero-order valence-electron chi connectivity index (χ0n) is 11.0. The number of hydrogen-bond donors (Lipinski definition) is 1. The third-order valence-electron chi connectivity index (χ3n) is 2.51. The zero-order chi connectivity index (χ0) is 15.2. The van der Waals surface area contributed by atoms with Crippen molar-refractivity contribution in [1.29, 1.82) is 0 Å². The van der Waals surface area contributed by atoms with Crippen molar-refractivity contribution >= 4 is 34.0 Å². The van der Waals surface area contributed by atoms with E-state index >= 15 is 0 Å². The predicted octanol–water partition coefficient (Wildman–Crippen LogP) is 2.59. The molecule has 21 heavy (non-hydrogen) atoms. The van der Waals surface area contributed by atoms with E-state index in [4.69, 9.17) is 4.42 Å². The number of nitrogens with zero attached hydrogens (tertiary/aromatic N) is 1. The van der Waals surface area contributed by atoms with Crippen LogP contribution >= 0.6 is 15.9 Å². The summed E-state index contributed by atoms with van der Waals surface area (Å²) in [5.74, 6) is -0.710. The van der Waals surface area contributed by atoms with E-state index in [1.165, 1.54) is 19.4 Å². The molecule has 0 saturated heterocycles. The molecule has 0 aliphatic carbocycles. The van der Waals surface area contributed by atoms with E-state index in [2.05, 4.69) is 31.2 Å². The van der Waals surface area contributed by atoms with Crippen LogP contribution in [0.5, 0.6) is 0 Å². The van der Waals surface area contributed by atoms with Crippen molar-refractivity contribution < 1.29 is 18.7 Å². The molecule has 0 atom stereocenters. The summed E-state index contributed by atoms with van der Waals surface area (Å²) in [5, 5.41) is 3.81. The van der Waals surface area contributed by atoms with Gasteiger partial charge in [0.1, 0.15) is 0 Å². The highest BCUT2D eigenvalue weighted by molar-refractivity contribution is 9.10. The van der Waals surface area contributed by atoms with Crippen LogP contribution in [0.25, 0.3) is 0 Å². The molecule has 1 aromatic heterocycles. The molecule has 2 aromatic rings. The number of halogens is 1. The predicted molar refractivity (Wildman–Crippen MR) is 79.2 cm³/mol. The van der Waals surface area contributed by atoms with Crippen LogP contribution in [0.4, 0.5) is 0 Å². The zero-order valence-corrected chi connectivity index (χ0v) is 12.6. The summed E-state index contributed by atoms with van der Waals surface area (Å²) in [5.41, 5.74) is 3.50. The average Bonchev–Trinajstić information content (AvgIpc) is 2.94. The largest absolute Gasteiger partial charge is 0.465 e. The summed E-state index contributed by atoms with van der Waals surface area (Å²) in [6.45, 7) is 0. The van der Waals surface area contributed by atoms with Gasteiger partial charge in [-0.1, -0.05) is 12.1 Å². The van der Waals surface area contributed by atoms with Crippen molar-refractivity contribution in [2.45, 2.75) is 0 Å². The van der Waals surface area contributed by atoms with Gasteiger partial charge in [-0.3, -0.25) is 4.79 Å². The van der Waals surface area contributed by atoms with Crippen LogP contribution in [0.1, 0.15) is 26.5 Å². The molecule has 1 N–H and O–H groups in total. The average molecular weight is 351 g/mol. The molecule has 0 unspecified atom stereocenters. The van der Waals surface area contributed by atoms with Crippen LogP contribution in [0.2, 0.25) is 0 Å². The molecular formula is C14H11BrN2O4. The Morgan fingerprint density at radius 3 is 2.52 bits per heavy atom. The van der Waals surface area contributed by atoms with Crippen molar-refractivity contribution in [2.24, 2.45) is 5.10 Å². The number of benzene rings is 1. The summed E-state index contributed by atoms with van der Waals surface area (Å²) < 4.78 is 10.1. The van der Waals surface area contributed by atoms with Gasteiger partial charge in [0.2, 0.25) is 0 Å². The Kier molecular flexibility index (Phi) is 4.89. The summed E-state index contributed by atoms with van der Waals surface area (Å²) in [6.07, 6.45) is 1.46. The van der Waals surface area contributed by atoms with Crippen molar-refractivity contribution in [1.82, 2.24) is 5.43 Å². The van der Waals surface area contributed by atoms with E-state index in [-0.39, 0.29) is 5.76 Å². The van der Waals surface area contributed by atoms with Gasteiger partial charge in [0, 0.05) is 0 Å². The molecule has 7 heteroatoms. The first-order valence-corrected chi connectivity index (χ1v) is 6.66. The number of rotatable bonds is 4. The molecule has 1 heterocycles. The van der Waals surface area contributed by atoms with Gasteiger partial charge in [0.25, 0.3) is 0 Å². The lowest BCUT2D eigenvalue weighted by Crippen LogP contribution is -2.16. The Hall–Kier alpha value is -2.41. The van der Waals surface area contributed by atoms with Gasteiger partial charge in [-0.05, 0) is 45.8 Å². The molecular weight excluding hydrogens is 340 g/mol. The fraction of sp³-hybridized carbons (Fsp3) is 0.0714. The normalized spacial score (nSPS) is 10.6. The third-order valence-corrected chi connectivity index (χ3v) is 2.93. The topological polar surface area (TPSA) is 80.9 Å². The number of hydrazone groups is 1. The van der Waals surface area contributed by atoms with Crippen LogP contribution in [-0.4, -0.2) is 25.2 Å². The minimum absolute atomic E-state index is 0.153. The monoisotopic (exact) mass is 350 g/mol. The molecule has 0 radical (unpaired) electrons. The van der Waals surface area contributed by atoms with E-state index in [9.17, 15) is 9.59 Å². The number of amides is 1. The van der Waals surface area contributed by atoms with E-state index in [0.29, 0.717) is 10.2 Å². The minimum atomic E-state index is -0.455. The minimum Gasteiger partial charge on any atom is -0.465 e. The molecule has 0 fully saturated rings. The maximum absolute atomic E-state index is 11.6. The van der Waals surface area contributed by atoms with Crippen LogP contribution < -0.4 is 5.43 Å². The number of ether oxygens (including phenoxy) is 1. The van der Waals surface area contributed by atoms with Gasteiger partial charge in [-0.15, -0.1) is 0 Å². The van der Waals surface area contributed by atoms with Gasteiger partial charge in [-0.25, -0.2) is 10.2 Å². The second kappa shape index (κ2) is 6.85. The maximum Gasteiger partial charge on any atom is 0.337 e. The number of carbonyl (C=O) groups excluding carboxylic acids is 2. The number of carbonyl (C=O) groups is 2. The molecule has 0 bridgehead atoms. The van der Waals surface area contributed by atoms with E-state index in [1.807, 2.05) is 0 Å². The fourth-order valence-corrected chi connectivity index (χ4v) is 1.79. The molecule has 0 spiro atoms. The second-order valence-electron chi connectivity index (χ2n) is 3.92. The summed E-state index contributed by atoms with van der Waals surface area (Å²) in [4.78, 5) is 22.9. The highest BCUT2D eigenvalue weighted by atomic mass is 79.9. The molecule has 0 saturated carbocycles. The van der Waals surface area contributed by atoms with Crippen molar-refractivity contribution in [3.05, 3.63) is 58.0 Å². The lowest BCUT2D eigenvalue weighted by molar-refractivity contribution is 0.0600. The van der Waals surface area contributed by atoms with E-state index in [1.54, 1.807) is 30.3 Å². The Bertz CT molecular complexity index is 677. The first-order valence-electron chi connectivity index (χ1n) is 5.87. The molecule has 1 amide bonds. The Balaban J connectivity index is 1.95. The summed E-state index contributed by atoms with van der Waals surface area (Å²) >= 11 is 3.11. The fourth-order valence-electron chi connectivity index (χ4n) is 1.48. The second-order valence-corrected chi connectivity index (χ2v) is 4.70. The molecule has 6 nitrogen and oxygen atoms in total. The van der Waals surface area contributed by atoms with Crippen molar-refractivity contribution in [2.75, 3.05) is 7.11 Å².